The number of aliphatic carboxylic acids is 1. The smallest absolute Gasteiger partial charge is 0.303 e. The number of rotatable bonds is 5. The first-order valence-corrected chi connectivity index (χ1v) is 6.93. The summed E-state index contributed by atoms with van der Waals surface area (Å²) < 4.78 is 17.5. The van der Waals surface area contributed by atoms with Crippen molar-refractivity contribution >= 4 is 5.97 Å². The van der Waals surface area contributed by atoms with E-state index in [1.807, 2.05) is 0 Å². The number of carboxylic acid groups (broad SMARTS) is 1. The van der Waals surface area contributed by atoms with Gasteiger partial charge in [-0.3, -0.25) is 4.79 Å². The van der Waals surface area contributed by atoms with Crippen molar-refractivity contribution in [1.82, 2.24) is 0 Å². The molecular weight excluding hydrogens is 273 g/mol. The van der Waals surface area contributed by atoms with Gasteiger partial charge in [0.15, 0.2) is 0 Å². The lowest BCUT2D eigenvalue weighted by atomic mass is 9.90. The lowest BCUT2D eigenvalue weighted by Crippen LogP contribution is -2.05. The Kier molecular flexibility index (Phi) is 8.62. The summed E-state index contributed by atoms with van der Waals surface area (Å²) in [6.45, 7) is 6.69. The molecule has 0 radical (unpaired) electrons. The molecule has 1 aromatic rings. The molecule has 0 amide bonds. The molecule has 0 aromatic heterocycles. The molecular formula is C16H26FNO3. The SMILES string of the molecule is CC(C)(C)CCCC(=O)O.COc1cc(F)cc(CN)c1. The molecule has 0 aliphatic rings. The van der Waals surface area contributed by atoms with Gasteiger partial charge in [-0.05, 0) is 36.0 Å². The van der Waals surface area contributed by atoms with Crippen LogP contribution in [0.5, 0.6) is 5.75 Å². The number of nitrogens with two attached hydrogens (primary N) is 1. The van der Waals surface area contributed by atoms with Gasteiger partial charge in [-0.15, -0.1) is 0 Å². The van der Waals surface area contributed by atoms with Crippen LogP contribution in [0.25, 0.3) is 0 Å². The predicted octanol–water partition coefficient (Wildman–Crippen LogP) is 3.58. The molecule has 0 spiro atoms. The maximum atomic E-state index is 12.7. The lowest BCUT2D eigenvalue weighted by Gasteiger charge is -2.16. The Balaban J connectivity index is 0.000000384. The van der Waals surface area contributed by atoms with Crippen LogP contribution in [-0.4, -0.2) is 18.2 Å². The van der Waals surface area contributed by atoms with Crippen LogP contribution < -0.4 is 10.5 Å². The average Bonchev–Trinajstić information content (AvgIpc) is 2.36. The Bertz CT molecular complexity index is 419. The highest BCUT2D eigenvalue weighted by atomic mass is 19.1. The quantitative estimate of drug-likeness (QED) is 0.871. The summed E-state index contributed by atoms with van der Waals surface area (Å²) in [4.78, 5) is 10.1. The maximum Gasteiger partial charge on any atom is 0.303 e. The summed E-state index contributed by atoms with van der Waals surface area (Å²) in [7, 11) is 1.50. The molecule has 0 saturated carbocycles. The van der Waals surface area contributed by atoms with E-state index >= 15 is 0 Å². The summed E-state index contributed by atoms with van der Waals surface area (Å²) in [5.74, 6) is -0.500. The number of hydrogen-bond donors (Lipinski definition) is 2. The summed E-state index contributed by atoms with van der Waals surface area (Å²) in [6, 6.07) is 4.42. The number of ether oxygens (including phenoxy) is 1. The zero-order chi connectivity index (χ0) is 16.5. The number of hydrogen-bond acceptors (Lipinski definition) is 3. The fraction of sp³-hybridized carbons (Fsp3) is 0.562. The van der Waals surface area contributed by atoms with Gasteiger partial charge in [0.25, 0.3) is 0 Å². The van der Waals surface area contributed by atoms with Crippen LogP contribution in [0.1, 0.15) is 45.6 Å². The predicted molar refractivity (Wildman–Crippen MR) is 81.8 cm³/mol. The van der Waals surface area contributed by atoms with Crippen LogP contribution in [-0.2, 0) is 11.3 Å². The van der Waals surface area contributed by atoms with E-state index in [-0.39, 0.29) is 11.2 Å². The van der Waals surface area contributed by atoms with Crippen LogP contribution in [0.2, 0.25) is 0 Å². The van der Waals surface area contributed by atoms with Crippen LogP contribution in [0.15, 0.2) is 18.2 Å². The normalized spacial score (nSPS) is 10.6. The topological polar surface area (TPSA) is 72.5 Å². The Morgan fingerprint density at radius 2 is 1.95 bits per heavy atom. The van der Waals surface area contributed by atoms with Gasteiger partial charge < -0.3 is 15.6 Å². The molecule has 0 bridgehead atoms. The van der Waals surface area contributed by atoms with Crippen molar-refractivity contribution in [3.8, 4) is 5.75 Å². The summed E-state index contributed by atoms with van der Waals surface area (Å²) in [5, 5.41) is 8.31. The lowest BCUT2D eigenvalue weighted by molar-refractivity contribution is -0.137. The minimum Gasteiger partial charge on any atom is -0.497 e. The van der Waals surface area contributed by atoms with Gasteiger partial charge in [0.2, 0.25) is 0 Å². The minimum atomic E-state index is -0.691. The molecule has 0 atom stereocenters. The van der Waals surface area contributed by atoms with Crippen LogP contribution >= 0.6 is 0 Å². The van der Waals surface area contributed by atoms with E-state index in [1.54, 1.807) is 6.07 Å². The Morgan fingerprint density at radius 1 is 1.33 bits per heavy atom. The first-order chi connectivity index (χ1) is 9.67. The molecule has 0 heterocycles. The zero-order valence-corrected chi connectivity index (χ0v) is 13.3. The summed E-state index contributed by atoms with van der Waals surface area (Å²) in [5.41, 5.74) is 6.33. The summed E-state index contributed by atoms with van der Waals surface area (Å²) in [6.07, 6.45) is 2.08. The fourth-order valence-electron chi connectivity index (χ4n) is 1.63. The van der Waals surface area contributed by atoms with Crippen molar-refractivity contribution in [1.29, 1.82) is 0 Å². The molecule has 3 N–H and O–H groups in total. The Morgan fingerprint density at radius 3 is 2.38 bits per heavy atom. The molecule has 0 fully saturated rings. The number of halogens is 1. The van der Waals surface area contributed by atoms with Gasteiger partial charge in [-0.1, -0.05) is 20.8 Å². The Labute approximate surface area is 126 Å². The van der Waals surface area contributed by atoms with E-state index in [0.717, 1.165) is 18.4 Å². The highest BCUT2D eigenvalue weighted by Gasteiger charge is 2.09. The molecule has 120 valence electrons. The van der Waals surface area contributed by atoms with Gasteiger partial charge in [-0.25, -0.2) is 4.39 Å². The maximum absolute atomic E-state index is 12.7. The number of benzene rings is 1. The number of carboxylic acids is 1. The minimum absolute atomic E-state index is 0.273. The van der Waals surface area contributed by atoms with Crippen molar-refractivity contribution in [3.05, 3.63) is 29.6 Å². The molecule has 0 aliphatic heterocycles. The third kappa shape index (κ3) is 10.8. The van der Waals surface area contributed by atoms with Crippen molar-refractivity contribution in [2.24, 2.45) is 11.1 Å². The van der Waals surface area contributed by atoms with Crippen molar-refractivity contribution in [3.63, 3.8) is 0 Å². The van der Waals surface area contributed by atoms with Gasteiger partial charge in [0.1, 0.15) is 11.6 Å². The van der Waals surface area contributed by atoms with Crippen molar-refractivity contribution < 1.29 is 19.0 Å². The van der Waals surface area contributed by atoms with Gasteiger partial charge >= 0.3 is 5.97 Å². The molecule has 0 saturated heterocycles. The average molecular weight is 299 g/mol. The molecule has 0 aliphatic carbocycles. The van der Waals surface area contributed by atoms with E-state index in [1.165, 1.54) is 19.2 Å². The first kappa shape index (κ1) is 19.4. The first-order valence-electron chi connectivity index (χ1n) is 6.93. The molecule has 1 rings (SSSR count). The molecule has 0 unspecified atom stereocenters. The van der Waals surface area contributed by atoms with Gasteiger partial charge in [0.05, 0.1) is 7.11 Å². The monoisotopic (exact) mass is 299 g/mol. The van der Waals surface area contributed by atoms with E-state index in [9.17, 15) is 9.18 Å². The standard InChI is InChI=1S/C8H10FNO.C8H16O2/c1-11-8-3-6(5-10)2-7(9)4-8;1-8(2,3)6-4-5-7(9)10/h2-4H,5,10H2,1H3;4-6H2,1-3H3,(H,9,10). The van der Waals surface area contributed by atoms with E-state index in [0.29, 0.717) is 18.7 Å². The van der Waals surface area contributed by atoms with Crippen LogP contribution in [0.4, 0.5) is 4.39 Å². The number of carbonyl (C=O) groups is 1. The third-order valence-corrected chi connectivity index (χ3v) is 2.72. The van der Waals surface area contributed by atoms with Crippen LogP contribution in [0.3, 0.4) is 0 Å². The zero-order valence-electron chi connectivity index (χ0n) is 13.3. The highest BCUT2D eigenvalue weighted by Crippen LogP contribution is 2.21. The van der Waals surface area contributed by atoms with E-state index < -0.39 is 5.97 Å². The second-order valence-electron chi connectivity index (χ2n) is 6.01. The van der Waals surface area contributed by atoms with Crippen molar-refractivity contribution in [2.45, 2.75) is 46.6 Å². The number of methoxy groups -OCH3 is 1. The molecule has 5 heteroatoms. The highest BCUT2D eigenvalue weighted by molar-refractivity contribution is 5.66. The fourth-order valence-corrected chi connectivity index (χ4v) is 1.63. The van der Waals surface area contributed by atoms with E-state index in [4.69, 9.17) is 15.6 Å². The van der Waals surface area contributed by atoms with Gasteiger partial charge in [0, 0.05) is 19.0 Å². The second kappa shape index (κ2) is 9.34. The van der Waals surface area contributed by atoms with Gasteiger partial charge in [-0.2, -0.15) is 0 Å². The Hall–Kier alpha value is -1.62. The van der Waals surface area contributed by atoms with Crippen LogP contribution in [0, 0.1) is 11.2 Å². The summed E-state index contributed by atoms with van der Waals surface area (Å²) >= 11 is 0. The van der Waals surface area contributed by atoms with Crippen molar-refractivity contribution in [2.75, 3.05) is 7.11 Å². The second-order valence-corrected chi connectivity index (χ2v) is 6.01. The third-order valence-electron chi connectivity index (χ3n) is 2.72. The molecule has 21 heavy (non-hydrogen) atoms. The molecule has 1 aromatic carbocycles. The van der Waals surface area contributed by atoms with E-state index in [2.05, 4.69) is 20.8 Å². The largest absolute Gasteiger partial charge is 0.497 e. The molecule has 4 nitrogen and oxygen atoms in total.